The molecular formula is C35H43N3O7. The first-order valence-electron chi connectivity index (χ1n) is 15.7. The molecular weight excluding hydrogens is 574 g/mol. The number of aliphatic hydroxyl groups excluding tert-OH is 2. The molecule has 240 valence electrons. The van der Waals surface area contributed by atoms with Crippen LogP contribution in [-0.4, -0.2) is 64.0 Å². The van der Waals surface area contributed by atoms with E-state index in [1.165, 1.54) is 0 Å². The molecule has 2 aliphatic heterocycles. The Morgan fingerprint density at radius 2 is 1.60 bits per heavy atom. The van der Waals surface area contributed by atoms with Crippen molar-refractivity contribution in [2.24, 2.45) is 0 Å². The van der Waals surface area contributed by atoms with Crippen LogP contribution < -0.4 is 10.8 Å². The summed E-state index contributed by atoms with van der Waals surface area (Å²) in [5, 5.41) is 31.0. The van der Waals surface area contributed by atoms with Gasteiger partial charge in [0.1, 0.15) is 0 Å². The number of hydrogen-bond acceptors (Lipinski definition) is 8. The predicted molar refractivity (Wildman–Crippen MR) is 168 cm³/mol. The van der Waals surface area contributed by atoms with Crippen LogP contribution in [0.3, 0.4) is 0 Å². The molecule has 2 saturated heterocycles. The highest BCUT2D eigenvalue weighted by atomic mass is 16.7. The van der Waals surface area contributed by atoms with Gasteiger partial charge in [-0.25, -0.2) is 5.48 Å². The summed E-state index contributed by atoms with van der Waals surface area (Å²) in [6.07, 6.45) is 2.02. The molecule has 4 atom stereocenters. The Hall–Kier alpha value is -3.64. The monoisotopic (exact) mass is 617 g/mol. The van der Waals surface area contributed by atoms with Crippen molar-refractivity contribution in [2.75, 3.05) is 19.6 Å². The Kier molecular flexibility index (Phi) is 11.7. The van der Waals surface area contributed by atoms with E-state index in [0.29, 0.717) is 38.8 Å². The van der Waals surface area contributed by atoms with E-state index in [1.54, 1.807) is 5.48 Å². The van der Waals surface area contributed by atoms with E-state index in [9.17, 15) is 19.8 Å². The van der Waals surface area contributed by atoms with Crippen LogP contribution in [0.25, 0.3) is 11.1 Å². The lowest BCUT2D eigenvalue weighted by molar-refractivity contribution is -0.252. The zero-order valence-corrected chi connectivity index (χ0v) is 25.4. The fourth-order valence-corrected chi connectivity index (χ4v) is 5.91. The van der Waals surface area contributed by atoms with Gasteiger partial charge in [-0.2, -0.15) is 0 Å². The lowest BCUT2D eigenvalue weighted by Crippen LogP contribution is -2.38. The van der Waals surface area contributed by atoms with Gasteiger partial charge in [0, 0.05) is 51.0 Å². The van der Waals surface area contributed by atoms with Gasteiger partial charge < -0.3 is 25.0 Å². The first kappa shape index (κ1) is 32.7. The summed E-state index contributed by atoms with van der Waals surface area (Å²) in [5.74, 6) is -0.528. The Morgan fingerprint density at radius 1 is 0.867 bits per heavy atom. The highest BCUT2D eigenvalue weighted by molar-refractivity contribution is 5.76. The average Bonchev–Trinajstić information content (AvgIpc) is 3.49. The maximum atomic E-state index is 12.2. The SMILES string of the molecule is O=C(CCCCC(=O)NCc1cccc(-c2ccc([C@@H]3O[C@H](CN4CC[C@H](O)C4)C[C@H](c4ccc(CO)cc4)O3)cc2)c1)NO. The molecule has 45 heavy (non-hydrogen) atoms. The van der Waals surface area contributed by atoms with Gasteiger partial charge in [0.2, 0.25) is 11.8 Å². The maximum Gasteiger partial charge on any atom is 0.243 e. The second kappa shape index (κ2) is 16.1. The average molecular weight is 618 g/mol. The highest BCUT2D eigenvalue weighted by Gasteiger charge is 2.34. The minimum Gasteiger partial charge on any atom is -0.392 e. The first-order chi connectivity index (χ1) is 21.9. The molecule has 0 unspecified atom stereocenters. The summed E-state index contributed by atoms with van der Waals surface area (Å²) in [7, 11) is 0. The van der Waals surface area contributed by atoms with Crippen LogP contribution in [0.15, 0.2) is 72.8 Å². The van der Waals surface area contributed by atoms with Crippen LogP contribution in [0.1, 0.15) is 73.2 Å². The van der Waals surface area contributed by atoms with Gasteiger partial charge in [0.05, 0.1) is 24.9 Å². The molecule has 10 nitrogen and oxygen atoms in total. The number of amides is 2. The minimum atomic E-state index is -0.549. The molecule has 5 rings (SSSR count). The molecule has 0 aromatic heterocycles. The summed E-state index contributed by atoms with van der Waals surface area (Å²) in [6.45, 7) is 2.64. The zero-order chi connectivity index (χ0) is 31.6. The second-order valence-electron chi connectivity index (χ2n) is 11.9. The van der Waals surface area contributed by atoms with Crippen molar-refractivity contribution < 1.29 is 34.5 Å². The molecule has 2 heterocycles. The summed E-state index contributed by atoms with van der Waals surface area (Å²) < 4.78 is 13.0. The van der Waals surface area contributed by atoms with Gasteiger partial charge in [0.15, 0.2) is 6.29 Å². The summed E-state index contributed by atoms with van der Waals surface area (Å²) in [4.78, 5) is 25.6. The number of rotatable bonds is 13. The van der Waals surface area contributed by atoms with Crippen LogP contribution >= 0.6 is 0 Å². The molecule has 3 aromatic rings. The van der Waals surface area contributed by atoms with Gasteiger partial charge in [-0.3, -0.25) is 19.7 Å². The molecule has 2 aliphatic rings. The third kappa shape index (κ3) is 9.43. The molecule has 2 fully saturated rings. The number of carbonyl (C=O) groups excluding carboxylic acids is 2. The van der Waals surface area contributed by atoms with E-state index < -0.39 is 12.2 Å². The van der Waals surface area contributed by atoms with E-state index in [2.05, 4.69) is 16.3 Å². The van der Waals surface area contributed by atoms with Crippen molar-refractivity contribution in [1.29, 1.82) is 0 Å². The third-order valence-corrected chi connectivity index (χ3v) is 8.44. The Bertz CT molecular complexity index is 1400. The molecule has 0 spiro atoms. The fourth-order valence-electron chi connectivity index (χ4n) is 5.91. The largest absolute Gasteiger partial charge is 0.392 e. The van der Waals surface area contributed by atoms with Crippen molar-refractivity contribution >= 4 is 11.8 Å². The second-order valence-corrected chi connectivity index (χ2v) is 11.9. The van der Waals surface area contributed by atoms with Gasteiger partial charge in [-0.05, 0) is 53.1 Å². The van der Waals surface area contributed by atoms with Crippen molar-refractivity contribution in [3.63, 3.8) is 0 Å². The van der Waals surface area contributed by atoms with Crippen LogP contribution in [0.5, 0.6) is 0 Å². The number of nitrogens with one attached hydrogen (secondary N) is 2. The zero-order valence-electron chi connectivity index (χ0n) is 25.4. The van der Waals surface area contributed by atoms with Crippen LogP contribution in [0, 0.1) is 0 Å². The smallest absolute Gasteiger partial charge is 0.243 e. The number of benzene rings is 3. The van der Waals surface area contributed by atoms with Crippen molar-refractivity contribution in [3.8, 4) is 11.1 Å². The Morgan fingerprint density at radius 3 is 2.29 bits per heavy atom. The van der Waals surface area contributed by atoms with Crippen LogP contribution in [0.2, 0.25) is 0 Å². The fraction of sp³-hybridized carbons (Fsp3) is 0.429. The Labute approximate surface area is 263 Å². The lowest BCUT2D eigenvalue weighted by Gasteiger charge is -2.37. The molecule has 10 heteroatoms. The van der Waals surface area contributed by atoms with E-state index in [1.807, 2.05) is 66.7 Å². The first-order valence-corrected chi connectivity index (χ1v) is 15.7. The third-order valence-electron chi connectivity index (χ3n) is 8.44. The van der Waals surface area contributed by atoms with Crippen LogP contribution in [-0.2, 0) is 32.2 Å². The number of β-amino-alcohol motifs (C(OH)–C–C–N with tert-alkyl or cyclic N) is 1. The maximum absolute atomic E-state index is 12.2. The molecule has 5 N–H and O–H groups in total. The standard InChI is InChI=1S/C35H43N3O7/c39-23-24-8-10-27(11-9-24)32-19-31(22-38-17-16-30(40)21-38)44-35(45-32)28-14-12-26(13-15-28)29-5-3-4-25(18-29)20-36-33(41)6-1-2-7-34(42)37-43/h3-5,8-15,18,30-32,35,39-40,43H,1-2,6-7,16-17,19-23H2,(H,36,41)(H,37,42)/t30-,31-,32+,35+/m0/s1. The van der Waals surface area contributed by atoms with Crippen molar-refractivity contribution in [1.82, 2.24) is 15.7 Å². The van der Waals surface area contributed by atoms with Gasteiger partial charge in [-0.1, -0.05) is 66.7 Å². The summed E-state index contributed by atoms with van der Waals surface area (Å²) in [5.41, 5.74) is 7.45. The van der Waals surface area contributed by atoms with E-state index in [4.69, 9.17) is 14.7 Å². The van der Waals surface area contributed by atoms with Crippen LogP contribution in [0.4, 0.5) is 0 Å². The Balaban J connectivity index is 1.21. The number of aliphatic hydroxyl groups is 2. The quantitative estimate of drug-likeness (QED) is 0.110. The molecule has 2 amide bonds. The predicted octanol–water partition coefficient (Wildman–Crippen LogP) is 4.14. The van der Waals surface area contributed by atoms with Crippen molar-refractivity contribution in [3.05, 3.63) is 95.1 Å². The van der Waals surface area contributed by atoms with E-state index >= 15 is 0 Å². The molecule has 0 aliphatic carbocycles. The van der Waals surface area contributed by atoms with E-state index in [0.717, 1.165) is 52.9 Å². The summed E-state index contributed by atoms with van der Waals surface area (Å²) >= 11 is 0. The van der Waals surface area contributed by atoms with E-state index in [-0.39, 0.29) is 37.2 Å². The number of ether oxygens (including phenoxy) is 2. The van der Waals surface area contributed by atoms with Gasteiger partial charge in [-0.15, -0.1) is 0 Å². The number of likely N-dealkylation sites (tertiary alicyclic amines) is 1. The summed E-state index contributed by atoms with van der Waals surface area (Å²) in [6, 6.07) is 24.0. The highest BCUT2D eigenvalue weighted by Crippen LogP contribution is 2.39. The van der Waals surface area contributed by atoms with Crippen molar-refractivity contribution in [2.45, 2.75) is 76.3 Å². The number of unbranched alkanes of at least 4 members (excludes halogenated alkanes) is 1. The topological polar surface area (TPSA) is 141 Å². The molecule has 0 saturated carbocycles. The normalized spacial score (nSPS) is 21.8. The number of carbonyl (C=O) groups is 2. The number of hydroxylamine groups is 1. The van der Waals surface area contributed by atoms with Gasteiger partial charge in [0.25, 0.3) is 0 Å². The molecule has 0 bridgehead atoms. The van der Waals surface area contributed by atoms with Gasteiger partial charge >= 0.3 is 0 Å². The number of hydrogen-bond donors (Lipinski definition) is 5. The minimum absolute atomic E-state index is 0.00358. The molecule has 3 aromatic carbocycles. The molecule has 0 radical (unpaired) electrons. The lowest BCUT2D eigenvalue weighted by atomic mass is 9.99. The number of nitrogens with zero attached hydrogens (tertiary/aromatic N) is 1.